The maximum Gasteiger partial charge on any atom is 0.117 e. The Kier molecular flexibility index (Phi) is 7.14. The molecule has 0 spiro atoms. The summed E-state index contributed by atoms with van der Waals surface area (Å²) in [5.41, 5.74) is 10.7. The molecule has 6 nitrogen and oxygen atoms in total. The summed E-state index contributed by atoms with van der Waals surface area (Å²) >= 11 is 6.09. The van der Waals surface area contributed by atoms with Gasteiger partial charge in [0, 0.05) is 43.6 Å². The van der Waals surface area contributed by atoms with Gasteiger partial charge in [-0.15, -0.1) is 22.7 Å². The zero-order valence-electron chi connectivity index (χ0n) is 29.9. The van der Waals surface area contributed by atoms with Crippen molar-refractivity contribution in [3.05, 3.63) is 121 Å². The van der Waals surface area contributed by atoms with Crippen LogP contribution in [-0.4, -0.2) is 24.9 Å². The molecular weight excluding hydrogens is 773 g/mol. The highest BCUT2D eigenvalue weighted by molar-refractivity contribution is 7.58. The number of thiophene rings is 2. The molecule has 0 aliphatic carbocycles. The molecule has 0 atom stereocenters. The van der Waals surface area contributed by atoms with E-state index in [1.54, 1.807) is 22.7 Å². The predicted octanol–water partition coefficient (Wildman–Crippen LogP) is 11.1. The van der Waals surface area contributed by atoms with Gasteiger partial charge in [-0.1, -0.05) is 99.0 Å². The van der Waals surface area contributed by atoms with Crippen molar-refractivity contribution in [2.24, 2.45) is 8.73 Å². The largest absolute Gasteiger partial charge is 0.302 e. The van der Waals surface area contributed by atoms with E-state index in [9.17, 15) is 0 Å². The van der Waals surface area contributed by atoms with Crippen LogP contribution < -0.4 is 30.5 Å². The smallest absolute Gasteiger partial charge is 0.117 e. The third-order valence-electron chi connectivity index (χ3n) is 11.3. The van der Waals surface area contributed by atoms with Crippen LogP contribution in [0.3, 0.4) is 0 Å². The summed E-state index contributed by atoms with van der Waals surface area (Å²) < 4.78 is 19.8. The monoisotopic (exact) mass is 804 g/mol. The number of rotatable bonds is 4. The van der Waals surface area contributed by atoms with Crippen molar-refractivity contribution in [3.63, 3.8) is 0 Å². The fourth-order valence-corrected chi connectivity index (χ4v) is 18.0. The number of nitrogens with zero attached hydrogens (tertiary/aromatic N) is 6. The van der Waals surface area contributed by atoms with Crippen molar-refractivity contribution in [1.29, 1.82) is 0 Å². The van der Waals surface area contributed by atoms with Crippen LogP contribution in [0.15, 0.2) is 130 Å². The number of aromatic nitrogens is 2. The van der Waals surface area contributed by atoms with E-state index in [1.807, 2.05) is 0 Å². The molecule has 0 N–H and O–H groups in total. The summed E-state index contributed by atoms with van der Waals surface area (Å²) in [6, 6.07) is 44.8. The first-order chi connectivity index (χ1) is 26.3. The van der Waals surface area contributed by atoms with Crippen LogP contribution in [0.1, 0.15) is 0 Å². The van der Waals surface area contributed by atoms with E-state index in [2.05, 4.69) is 157 Å². The van der Waals surface area contributed by atoms with E-state index in [-0.39, 0.29) is 0 Å². The number of para-hydroxylation sites is 4. The molecule has 0 amide bonds. The number of fused-ring (bicyclic) bond motifs is 6. The van der Waals surface area contributed by atoms with E-state index in [0.717, 1.165) is 43.3 Å². The van der Waals surface area contributed by atoms with Gasteiger partial charge in [0.25, 0.3) is 0 Å². The van der Waals surface area contributed by atoms with Gasteiger partial charge >= 0.3 is 0 Å². The Labute approximate surface area is 331 Å². The van der Waals surface area contributed by atoms with Crippen LogP contribution in [0.25, 0.3) is 31.9 Å². The van der Waals surface area contributed by atoms with Gasteiger partial charge in [0.2, 0.25) is 0 Å². The highest BCUT2D eigenvalue weighted by atomic mass is 32.1. The number of hydrogen-bond donors (Lipinski definition) is 0. The van der Waals surface area contributed by atoms with Gasteiger partial charge in [-0.05, 0) is 69.3 Å². The second-order valence-corrected chi connectivity index (χ2v) is 26.8. The van der Waals surface area contributed by atoms with E-state index in [1.165, 1.54) is 76.6 Å². The maximum atomic E-state index is 4.96. The Morgan fingerprint density at radius 1 is 0.444 bits per heavy atom. The Hall–Kier alpha value is -4.83. The van der Waals surface area contributed by atoms with Crippen molar-refractivity contribution in [2.45, 2.75) is 26.2 Å². The summed E-state index contributed by atoms with van der Waals surface area (Å²) in [6.45, 7) is 9.85. The molecule has 0 bridgehead atoms. The SMILES string of the molecule is C[Si]1(C)c2ccccc2N(c2ccc(-c3c4c(c(-c5ccc(N6c7ccccc7[Si](C)(C)c7ccccc76)s5)c5nsnc35)N=S=N4)s2)c2ccccc21. The molecule has 0 unspecified atom stereocenters. The first-order valence-corrected chi connectivity index (χ1v) is 27.0. The van der Waals surface area contributed by atoms with Gasteiger partial charge in [0.1, 0.15) is 48.6 Å². The molecule has 8 aromatic rings. The van der Waals surface area contributed by atoms with Gasteiger partial charge in [-0.3, -0.25) is 0 Å². The van der Waals surface area contributed by atoms with Gasteiger partial charge in [-0.25, -0.2) is 0 Å². The Balaban J connectivity index is 1.04. The van der Waals surface area contributed by atoms with E-state index in [4.69, 9.17) is 17.5 Å². The Morgan fingerprint density at radius 2 is 0.796 bits per heavy atom. The average molecular weight is 805 g/mol. The minimum atomic E-state index is -1.88. The Bertz CT molecular complexity index is 2650. The third kappa shape index (κ3) is 4.52. The lowest BCUT2D eigenvalue weighted by atomic mass is 10.0. The highest BCUT2D eigenvalue weighted by Crippen LogP contribution is 2.56. The second kappa shape index (κ2) is 11.8. The second-order valence-electron chi connectivity index (χ2n) is 14.9. The number of hydrogen-bond acceptors (Lipinski definition) is 9. The van der Waals surface area contributed by atoms with Crippen LogP contribution >= 0.6 is 34.4 Å². The van der Waals surface area contributed by atoms with E-state index in [0.29, 0.717) is 0 Å². The topological polar surface area (TPSA) is 57.0 Å². The molecule has 54 heavy (non-hydrogen) atoms. The molecule has 3 aliphatic heterocycles. The average Bonchev–Trinajstić information content (AvgIpc) is 4.03. The molecule has 3 aromatic heterocycles. The van der Waals surface area contributed by atoms with Crippen LogP contribution in [0, 0.1) is 0 Å². The fourth-order valence-electron chi connectivity index (χ4n) is 8.70. The summed E-state index contributed by atoms with van der Waals surface area (Å²) in [5, 5.41) is 8.16. The quantitative estimate of drug-likeness (QED) is 0.166. The minimum absolute atomic E-state index is 0.882. The summed E-state index contributed by atoms with van der Waals surface area (Å²) in [5.74, 6) is 0. The molecule has 0 saturated heterocycles. The zero-order valence-corrected chi connectivity index (χ0v) is 35.1. The van der Waals surface area contributed by atoms with Crippen LogP contribution in [0.5, 0.6) is 0 Å². The minimum Gasteiger partial charge on any atom is -0.302 e. The van der Waals surface area contributed by atoms with Gasteiger partial charge < -0.3 is 9.80 Å². The number of anilines is 6. The summed E-state index contributed by atoms with van der Waals surface area (Å²) in [4.78, 5) is 7.13. The van der Waals surface area contributed by atoms with Crippen molar-refractivity contribution in [1.82, 2.24) is 8.75 Å². The molecule has 12 heteroatoms. The van der Waals surface area contributed by atoms with Crippen LogP contribution in [0.2, 0.25) is 26.2 Å². The van der Waals surface area contributed by atoms with Crippen LogP contribution in [0.4, 0.5) is 44.1 Å². The zero-order chi connectivity index (χ0) is 36.3. The van der Waals surface area contributed by atoms with Crippen molar-refractivity contribution >= 4 is 138 Å². The molecule has 0 radical (unpaired) electrons. The van der Waals surface area contributed by atoms with Crippen LogP contribution in [-0.2, 0) is 11.4 Å². The predicted molar refractivity (Wildman–Crippen MR) is 238 cm³/mol. The highest BCUT2D eigenvalue weighted by Gasteiger charge is 2.40. The van der Waals surface area contributed by atoms with Crippen molar-refractivity contribution in [2.75, 3.05) is 9.80 Å². The van der Waals surface area contributed by atoms with E-state index < -0.39 is 16.1 Å². The first-order valence-electron chi connectivity index (χ1n) is 17.9. The normalized spacial score (nSPS) is 15.7. The molecular formula is C42H32N6S4Si2. The molecule has 6 heterocycles. The third-order valence-corrected chi connectivity index (χ3v) is 21.6. The fraction of sp³-hybridized carbons (Fsp3) is 0.0952. The standard InChI is InChI=1S/C42H32N6S4Si2/c1-53(2)31-17-9-5-13-25(31)47(26-14-6-10-18-32(26)53)35-23-21-29(49-35)37-39-41(45-51-43-39)38(42-40(37)44-52-46-42)30-22-24-36(50-30)48-27-15-7-11-19-33(27)54(3,4)34-20-12-8-16-28(34)48/h5-24H,1-4H3. The lowest BCUT2D eigenvalue weighted by Crippen LogP contribution is -2.58. The molecule has 262 valence electrons. The summed E-state index contributed by atoms with van der Waals surface area (Å²) in [7, 11) is -3.76. The first kappa shape index (κ1) is 32.6. The molecule has 11 rings (SSSR count). The Morgan fingerprint density at radius 3 is 1.17 bits per heavy atom. The van der Waals surface area contributed by atoms with E-state index >= 15 is 0 Å². The van der Waals surface area contributed by atoms with Gasteiger partial charge in [0.05, 0.1) is 23.1 Å². The number of benzene rings is 5. The van der Waals surface area contributed by atoms with Crippen molar-refractivity contribution in [3.8, 4) is 20.9 Å². The lowest BCUT2D eigenvalue weighted by Gasteiger charge is -2.40. The van der Waals surface area contributed by atoms with Gasteiger partial charge in [0.15, 0.2) is 0 Å². The van der Waals surface area contributed by atoms with Gasteiger partial charge in [-0.2, -0.15) is 17.5 Å². The van der Waals surface area contributed by atoms with Crippen molar-refractivity contribution < 1.29 is 0 Å². The maximum absolute atomic E-state index is 4.96. The molecule has 0 saturated carbocycles. The molecule has 5 aromatic carbocycles. The molecule has 3 aliphatic rings. The molecule has 0 fully saturated rings. The summed E-state index contributed by atoms with van der Waals surface area (Å²) in [6.07, 6.45) is 0. The lowest BCUT2D eigenvalue weighted by molar-refractivity contribution is 1.32.